The summed E-state index contributed by atoms with van der Waals surface area (Å²) in [6, 6.07) is 0. The lowest BCUT2D eigenvalue weighted by Gasteiger charge is -2.10. The molecule has 1 aromatic rings. The van der Waals surface area contributed by atoms with Crippen LogP contribution in [0.2, 0.25) is 0 Å². The van der Waals surface area contributed by atoms with E-state index in [1.54, 1.807) is 6.33 Å². The molecule has 1 saturated heterocycles. The van der Waals surface area contributed by atoms with Crippen molar-refractivity contribution in [3.63, 3.8) is 0 Å². The number of ether oxygens (including phenoxy) is 2. The summed E-state index contributed by atoms with van der Waals surface area (Å²) in [6.45, 7) is 4.26. The van der Waals surface area contributed by atoms with Gasteiger partial charge in [0.1, 0.15) is 0 Å². The second-order valence-electron chi connectivity index (χ2n) is 4.32. The summed E-state index contributed by atoms with van der Waals surface area (Å²) in [7, 11) is 0. The number of imidazole rings is 1. The van der Waals surface area contributed by atoms with Crippen molar-refractivity contribution in [3.8, 4) is 0 Å². The second kappa shape index (κ2) is 7.42. The Labute approximate surface area is 102 Å². The van der Waals surface area contributed by atoms with Crippen molar-refractivity contribution < 1.29 is 9.47 Å². The molecule has 0 spiro atoms. The summed E-state index contributed by atoms with van der Waals surface area (Å²) in [4.78, 5) is 7.02. The van der Waals surface area contributed by atoms with E-state index in [4.69, 9.17) is 9.47 Å². The molecule has 1 aromatic heterocycles. The highest BCUT2D eigenvalue weighted by Gasteiger charge is 2.14. The molecule has 0 saturated carbocycles. The molecule has 2 heterocycles. The molecule has 1 unspecified atom stereocenters. The number of nitrogens with zero attached hydrogens (tertiary/aromatic N) is 1. The minimum Gasteiger partial charge on any atom is -0.379 e. The van der Waals surface area contributed by atoms with Gasteiger partial charge in [-0.2, -0.15) is 0 Å². The summed E-state index contributed by atoms with van der Waals surface area (Å²) >= 11 is 0. The normalized spacial score (nSPS) is 19.9. The number of nitrogens with one attached hydrogen (secondary N) is 2. The second-order valence-corrected chi connectivity index (χ2v) is 4.32. The van der Waals surface area contributed by atoms with Crippen LogP contribution in [0.5, 0.6) is 0 Å². The lowest BCUT2D eigenvalue weighted by atomic mass is 10.2. The summed E-state index contributed by atoms with van der Waals surface area (Å²) in [5, 5.41) is 3.33. The van der Waals surface area contributed by atoms with Gasteiger partial charge in [0.15, 0.2) is 0 Å². The van der Waals surface area contributed by atoms with Crippen LogP contribution in [0, 0.1) is 0 Å². The maximum absolute atomic E-state index is 5.57. The smallest absolute Gasteiger partial charge is 0.0922 e. The zero-order valence-electron chi connectivity index (χ0n) is 10.2. The first kappa shape index (κ1) is 12.5. The van der Waals surface area contributed by atoms with Crippen molar-refractivity contribution in [2.45, 2.75) is 31.9 Å². The molecule has 17 heavy (non-hydrogen) atoms. The molecule has 0 aromatic carbocycles. The molecule has 96 valence electrons. The van der Waals surface area contributed by atoms with Crippen LogP contribution in [0.15, 0.2) is 12.5 Å². The number of hydrogen-bond acceptors (Lipinski definition) is 4. The van der Waals surface area contributed by atoms with E-state index in [-0.39, 0.29) is 0 Å². The molecule has 0 aliphatic carbocycles. The van der Waals surface area contributed by atoms with Gasteiger partial charge in [0, 0.05) is 31.6 Å². The molecule has 5 nitrogen and oxygen atoms in total. The van der Waals surface area contributed by atoms with E-state index in [0.29, 0.717) is 6.10 Å². The third-order valence-corrected chi connectivity index (χ3v) is 2.84. The van der Waals surface area contributed by atoms with Gasteiger partial charge in [-0.05, 0) is 25.8 Å². The van der Waals surface area contributed by atoms with Crippen molar-refractivity contribution in [1.29, 1.82) is 0 Å². The van der Waals surface area contributed by atoms with Crippen LogP contribution < -0.4 is 5.32 Å². The van der Waals surface area contributed by atoms with Crippen LogP contribution in [0.3, 0.4) is 0 Å². The first-order valence-corrected chi connectivity index (χ1v) is 6.32. The fourth-order valence-electron chi connectivity index (χ4n) is 1.89. The molecule has 1 atom stereocenters. The maximum atomic E-state index is 5.57. The van der Waals surface area contributed by atoms with Crippen molar-refractivity contribution in [3.05, 3.63) is 18.2 Å². The van der Waals surface area contributed by atoms with Crippen LogP contribution >= 0.6 is 0 Å². The molecule has 5 heteroatoms. The largest absolute Gasteiger partial charge is 0.379 e. The predicted molar refractivity (Wildman–Crippen MR) is 64.7 cm³/mol. The van der Waals surface area contributed by atoms with Crippen LogP contribution in [-0.4, -0.2) is 42.4 Å². The summed E-state index contributed by atoms with van der Waals surface area (Å²) in [6.07, 6.45) is 7.23. The lowest BCUT2D eigenvalue weighted by Crippen LogP contribution is -2.19. The first-order chi connectivity index (χ1) is 8.45. The molecule has 0 amide bonds. The Balaban J connectivity index is 1.39. The molecular weight excluding hydrogens is 218 g/mol. The minimum absolute atomic E-state index is 0.341. The summed E-state index contributed by atoms with van der Waals surface area (Å²) < 4.78 is 11.0. The van der Waals surface area contributed by atoms with E-state index in [0.717, 1.165) is 51.4 Å². The Bertz CT molecular complexity index is 284. The number of hydrogen-bond donors (Lipinski definition) is 2. The lowest BCUT2D eigenvalue weighted by molar-refractivity contribution is 0.0166. The van der Waals surface area contributed by atoms with Gasteiger partial charge in [0.05, 0.1) is 19.0 Å². The zero-order valence-corrected chi connectivity index (χ0v) is 10.2. The minimum atomic E-state index is 0.341. The molecule has 0 bridgehead atoms. The van der Waals surface area contributed by atoms with Gasteiger partial charge in [-0.3, -0.25) is 0 Å². The number of H-pyrrole nitrogens is 1. The molecule has 2 N–H and O–H groups in total. The van der Waals surface area contributed by atoms with Crippen LogP contribution in [0.1, 0.15) is 25.0 Å². The fourth-order valence-corrected chi connectivity index (χ4v) is 1.89. The zero-order chi connectivity index (χ0) is 11.8. The molecule has 2 rings (SSSR count). The van der Waals surface area contributed by atoms with Gasteiger partial charge in [0.2, 0.25) is 0 Å². The molecule has 0 radical (unpaired) electrons. The van der Waals surface area contributed by atoms with Crippen molar-refractivity contribution in [2.75, 3.05) is 26.4 Å². The van der Waals surface area contributed by atoms with Gasteiger partial charge >= 0.3 is 0 Å². The van der Waals surface area contributed by atoms with E-state index in [2.05, 4.69) is 15.3 Å². The van der Waals surface area contributed by atoms with E-state index in [1.165, 1.54) is 6.42 Å². The van der Waals surface area contributed by atoms with Crippen LogP contribution in [0.25, 0.3) is 0 Å². The SMILES string of the molecule is c1ncc(CNCCCOCC2CCCO2)[nH]1. The van der Waals surface area contributed by atoms with Crippen LogP contribution in [0.4, 0.5) is 0 Å². The van der Waals surface area contributed by atoms with Crippen LogP contribution in [-0.2, 0) is 16.0 Å². The highest BCUT2D eigenvalue weighted by Crippen LogP contribution is 2.11. The predicted octanol–water partition coefficient (Wildman–Crippen LogP) is 1.08. The van der Waals surface area contributed by atoms with Gasteiger partial charge < -0.3 is 19.8 Å². The highest BCUT2D eigenvalue weighted by molar-refractivity contribution is 4.92. The number of aromatic amines is 1. The van der Waals surface area contributed by atoms with Gasteiger partial charge in [-0.15, -0.1) is 0 Å². The van der Waals surface area contributed by atoms with E-state index >= 15 is 0 Å². The van der Waals surface area contributed by atoms with Gasteiger partial charge in [-0.1, -0.05) is 0 Å². The molecule has 1 aliphatic heterocycles. The van der Waals surface area contributed by atoms with Gasteiger partial charge in [-0.25, -0.2) is 4.98 Å². The molecule has 1 fully saturated rings. The Hall–Kier alpha value is -0.910. The quantitative estimate of drug-likeness (QED) is 0.667. The van der Waals surface area contributed by atoms with E-state index in [9.17, 15) is 0 Å². The van der Waals surface area contributed by atoms with Crippen molar-refractivity contribution in [1.82, 2.24) is 15.3 Å². The summed E-state index contributed by atoms with van der Waals surface area (Å²) in [5.41, 5.74) is 1.12. The van der Waals surface area contributed by atoms with E-state index < -0.39 is 0 Å². The molecular formula is C12H21N3O2. The number of aromatic nitrogens is 2. The number of rotatable bonds is 8. The van der Waals surface area contributed by atoms with E-state index in [1.807, 2.05) is 6.20 Å². The Kier molecular flexibility index (Phi) is 5.48. The maximum Gasteiger partial charge on any atom is 0.0922 e. The topological polar surface area (TPSA) is 59.2 Å². The first-order valence-electron chi connectivity index (χ1n) is 6.32. The third-order valence-electron chi connectivity index (χ3n) is 2.84. The van der Waals surface area contributed by atoms with Crippen molar-refractivity contribution >= 4 is 0 Å². The summed E-state index contributed by atoms with van der Waals surface area (Å²) in [5.74, 6) is 0. The fraction of sp³-hybridized carbons (Fsp3) is 0.750. The monoisotopic (exact) mass is 239 g/mol. The molecule has 1 aliphatic rings. The Morgan fingerprint density at radius 1 is 1.59 bits per heavy atom. The average Bonchev–Trinajstić information content (AvgIpc) is 3.00. The standard InChI is InChI=1S/C12H21N3O2/c1-3-12(17-6-1)9-16-5-2-4-13-7-11-8-14-10-15-11/h8,10,12-13H,1-7,9H2,(H,14,15). The van der Waals surface area contributed by atoms with Gasteiger partial charge in [0.25, 0.3) is 0 Å². The Morgan fingerprint density at radius 2 is 2.59 bits per heavy atom. The average molecular weight is 239 g/mol. The van der Waals surface area contributed by atoms with Crippen molar-refractivity contribution in [2.24, 2.45) is 0 Å². The Morgan fingerprint density at radius 3 is 3.35 bits per heavy atom. The third kappa shape index (κ3) is 4.85. The highest BCUT2D eigenvalue weighted by atomic mass is 16.5.